The largest absolute Gasteiger partial charge is 0.250 e. The number of thiazole rings is 1. The Morgan fingerprint density at radius 1 is 1.24 bits per heavy atom. The number of alkyl halides is 1. The first-order chi connectivity index (χ1) is 8.28. The van der Waals surface area contributed by atoms with E-state index in [0.717, 1.165) is 18.5 Å². The van der Waals surface area contributed by atoms with Crippen molar-refractivity contribution in [1.29, 1.82) is 0 Å². The van der Waals surface area contributed by atoms with Crippen LogP contribution in [0, 0.1) is 12.8 Å². The number of hydrogen-bond donors (Lipinski definition) is 0. The molecule has 0 fully saturated rings. The third-order valence-electron chi connectivity index (χ3n) is 2.84. The average Bonchev–Trinajstić information content (AvgIpc) is 2.84. The lowest BCUT2D eigenvalue weighted by Gasteiger charge is -2.12. The van der Waals surface area contributed by atoms with E-state index in [1.807, 2.05) is 5.51 Å². The van der Waals surface area contributed by atoms with Gasteiger partial charge in [0.05, 0.1) is 11.2 Å². The van der Waals surface area contributed by atoms with Crippen LogP contribution in [-0.4, -0.2) is 10.9 Å². The SMILES string of the molecule is Cc1ccc(CC(CCl)Cc2cscn2)cc1. The number of aryl methyl sites for hydroxylation is 1. The Morgan fingerprint density at radius 2 is 2.00 bits per heavy atom. The zero-order valence-electron chi connectivity index (χ0n) is 9.90. The molecule has 2 rings (SSSR count). The minimum Gasteiger partial charge on any atom is -0.250 e. The van der Waals surface area contributed by atoms with E-state index in [4.69, 9.17) is 11.6 Å². The van der Waals surface area contributed by atoms with E-state index in [2.05, 4.69) is 41.6 Å². The van der Waals surface area contributed by atoms with Gasteiger partial charge in [-0.15, -0.1) is 22.9 Å². The minimum absolute atomic E-state index is 0.474. The molecule has 0 N–H and O–H groups in total. The lowest BCUT2D eigenvalue weighted by Crippen LogP contribution is -2.10. The maximum Gasteiger partial charge on any atom is 0.0794 e. The summed E-state index contributed by atoms with van der Waals surface area (Å²) in [5.74, 6) is 1.16. The number of aromatic nitrogens is 1. The second-order valence-electron chi connectivity index (χ2n) is 4.39. The standard InChI is InChI=1S/C14H16ClNS/c1-11-2-4-12(5-3-11)6-13(8-15)7-14-9-17-10-16-14/h2-5,9-10,13H,6-8H2,1H3. The Morgan fingerprint density at radius 3 is 2.59 bits per heavy atom. The highest BCUT2D eigenvalue weighted by molar-refractivity contribution is 7.07. The van der Waals surface area contributed by atoms with Crippen molar-refractivity contribution >= 4 is 22.9 Å². The molecule has 0 amide bonds. The summed E-state index contributed by atoms with van der Waals surface area (Å²) in [5, 5.41) is 2.11. The molecule has 1 aromatic carbocycles. The number of benzene rings is 1. The van der Waals surface area contributed by atoms with E-state index in [1.165, 1.54) is 11.1 Å². The Balaban J connectivity index is 1.97. The first-order valence-electron chi connectivity index (χ1n) is 5.76. The summed E-state index contributed by atoms with van der Waals surface area (Å²) in [4.78, 5) is 4.32. The summed E-state index contributed by atoms with van der Waals surface area (Å²) in [7, 11) is 0. The van der Waals surface area contributed by atoms with E-state index >= 15 is 0 Å². The van der Waals surface area contributed by atoms with Gasteiger partial charge < -0.3 is 0 Å². The molecule has 1 nitrogen and oxygen atoms in total. The van der Waals surface area contributed by atoms with Gasteiger partial charge in [0.15, 0.2) is 0 Å². The van der Waals surface area contributed by atoms with Crippen molar-refractivity contribution in [1.82, 2.24) is 4.98 Å². The maximum atomic E-state index is 6.04. The van der Waals surface area contributed by atoms with E-state index in [0.29, 0.717) is 11.8 Å². The van der Waals surface area contributed by atoms with Crippen LogP contribution in [0.25, 0.3) is 0 Å². The molecule has 0 bridgehead atoms. The second-order valence-corrected chi connectivity index (χ2v) is 5.42. The highest BCUT2D eigenvalue weighted by Gasteiger charge is 2.10. The highest BCUT2D eigenvalue weighted by Crippen LogP contribution is 2.16. The molecule has 0 aliphatic rings. The molecule has 2 aromatic rings. The lowest BCUT2D eigenvalue weighted by molar-refractivity contribution is 0.577. The van der Waals surface area contributed by atoms with Gasteiger partial charge in [0, 0.05) is 11.3 Å². The van der Waals surface area contributed by atoms with Gasteiger partial charge >= 0.3 is 0 Å². The fraction of sp³-hybridized carbons (Fsp3) is 0.357. The number of rotatable bonds is 5. The summed E-state index contributed by atoms with van der Waals surface area (Å²) in [6.07, 6.45) is 2.00. The third kappa shape index (κ3) is 3.83. The van der Waals surface area contributed by atoms with Crippen molar-refractivity contribution in [3.05, 3.63) is 52.0 Å². The van der Waals surface area contributed by atoms with Gasteiger partial charge in [-0.3, -0.25) is 0 Å². The van der Waals surface area contributed by atoms with Crippen LogP contribution in [0.2, 0.25) is 0 Å². The molecule has 3 heteroatoms. The first kappa shape index (κ1) is 12.6. The van der Waals surface area contributed by atoms with E-state index in [-0.39, 0.29) is 0 Å². The van der Waals surface area contributed by atoms with Crippen molar-refractivity contribution in [3.8, 4) is 0 Å². The van der Waals surface area contributed by atoms with Crippen LogP contribution < -0.4 is 0 Å². The molecule has 0 aliphatic carbocycles. The molecule has 90 valence electrons. The summed E-state index contributed by atoms with van der Waals surface area (Å²) >= 11 is 7.69. The molecule has 0 saturated heterocycles. The summed E-state index contributed by atoms with van der Waals surface area (Å²) < 4.78 is 0. The molecule has 1 atom stereocenters. The summed E-state index contributed by atoms with van der Waals surface area (Å²) in [6, 6.07) is 8.69. The van der Waals surface area contributed by atoms with Gasteiger partial charge in [0.1, 0.15) is 0 Å². The van der Waals surface area contributed by atoms with Gasteiger partial charge in [0.25, 0.3) is 0 Å². The third-order valence-corrected chi connectivity index (χ3v) is 3.92. The van der Waals surface area contributed by atoms with Crippen molar-refractivity contribution in [3.63, 3.8) is 0 Å². The van der Waals surface area contributed by atoms with Crippen LogP contribution >= 0.6 is 22.9 Å². The van der Waals surface area contributed by atoms with E-state index < -0.39 is 0 Å². The molecular formula is C14H16ClNS. The molecule has 1 heterocycles. The Hall–Kier alpha value is -0.860. The summed E-state index contributed by atoms with van der Waals surface area (Å²) in [6.45, 7) is 2.11. The van der Waals surface area contributed by atoms with Crippen LogP contribution in [0.1, 0.15) is 16.8 Å². The quantitative estimate of drug-likeness (QED) is 0.742. The molecule has 1 aromatic heterocycles. The monoisotopic (exact) mass is 265 g/mol. The summed E-state index contributed by atoms with van der Waals surface area (Å²) in [5.41, 5.74) is 5.70. The van der Waals surface area contributed by atoms with Gasteiger partial charge in [-0.1, -0.05) is 29.8 Å². The topological polar surface area (TPSA) is 12.9 Å². The number of nitrogens with zero attached hydrogens (tertiary/aromatic N) is 1. The van der Waals surface area contributed by atoms with E-state index in [1.54, 1.807) is 11.3 Å². The highest BCUT2D eigenvalue weighted by atomic mass is 35.5. The van der Waals surface area contributed by atoms with Crippen LogP contribution in [-0.2, 0) is 12.8 Å². The van der Waals surface area contributed by atoms with Gasteiger partial charge in [-0.2, -0.15) is 0 Å². The Bertz CT molecular complexity index is 436. The lowest BCUT2D eigenvalue weighted by atomic mass is 9.96. The van der Waals surface area contributed by atoms with Crippen LogP contribution in [0.4, 0.5) is 0 Å². The smallest absolute Gasteiger partial charge is 0.0794 e. The number of hydrogen-bond acceptors (Lipinski definition) is 2. The van der Waals surface area contributed by atoms with E-state index in [9.17, 15) is 0 Å². The molecule has 0 saturated carbocycles. The molecule has 1 unspecified atom stereocenters. The van der Waals surface area contributed by atoms with Crippen molar-refractivity contribution < 1.29 is 0 Å². The molecule has 0 radical (unpaired) electrons. The van der Waals surface area contributed by atoms with Crippen LogP contribution in [0.5, 0.6) is 0 Å². The van der Waals surface area contributed by atoms with Crippen LogP contribution in [0.15, 0.2) is 35.2 Å². The predicted octanol–water partition coefficient (Wildman–Crippen LogP) is 4.09. The Labute approximate surface area is 111 Å². The van der Waals surface area contributed by atoms with Gasteiger partial charge in [0.2, 0.25) is 0 Å². The normalized spacial score (nSPS) is 12.6. The molecule has 0 spiro atoms. The van der Waals surface area contributed by atoms with Crippen molar-refractivity contribution in [2.24, 2.45) is 5.92 Å². The minimum atomic E-state index is 0.474. The maximum absolute atomic E-state index is 6.04. The van der Waals surface area contributed by atoms with Crippen molar-refractivity contribution in [2.75, 3.05) is 5.88 Å². The zero-order chi connectivity index (χ0) is 12.1. The Kier molecular flexibility index (Phi) is 4.57. The molecule has 0 aliphatic heterocycles. The average molecular weight is 266 g/mol. The predicted molar refractivity (Wildman–Crippen MR) is 74.9 cm³/mol. The number of halogens is 1. The molecular weight excluding hydrogens is 250 g/mol. The van der Waals surface area contributed by atoms with Gasteiger partial charge in [-0.05, 0) is 31.2 Å². The van der Waals surface area contributed by atoms with Gasteiger partial charge in [-0.25, -0.2) is 4.98 Å². The fourth-order valence-corrected chi connectivity index (χ4v) is 2.66. The van der Waals surface area contributed by atoms with Crippen LogP contribution in [0.3, 0.4) is 0 Å². The zero-order valence-corrected chi connectivity index (χ0v) is 11.5. The molecule has 17 heavy (non-hydrogen) atoms. The first-order valence-corrected chi connectivity index (χ1v) is 7.24. The van der Waals surface area contributed by atoms with Crippen molar-refractivity contribution in [2.45, 2.75) is 19.8 Å². The second kappa shape index (κ2) is 6.18. The fourth-order valence-electron chi connectivity index (χ4n) is 1.87.